The van der Waals surface area contributed by atoms with E-state index < -0.39 is 0 Å². The summed E-state index contributed by atoms with van der Waals surface area (Å²) in [6.45, 7) is 5.83. The van der Waals surface area contributed by atoms with Crippen molar-refractivity contribution in [3.05, 3.63) is 35.1 Å². The summed E-state index contributed by atoms with van der Waals surface area (Å²) in [5.74, 6) is 0.420. The predicted octanol–water partition coefficient (Wildman–Crippen LogP) is 3.02. The molecule has 2 aliphatic rings. The number of nitrogens with zero attached hydrogens (tertiary/aromatic N) is 2. The lowest BCUT2D eigenvalue weighted by Gasteiger charge is -2.31. The van der Waals surface area contributed by atoms with Crippen molar-refractivity contribution in [2.75, 3.05) is 32.8 Å². The standard InChI is InChI=1S/C19H29FN2O/c20-19-17(13-21-9-2-1-3-10-21)5-4-6-18(19)14-22-11-7-16(15-23)8-12-22/h4-6,16,23H,1-3,7-15H2. The summed E-state index contributed by atoms with van der Waals surface area (Å²) in [6.07, 6.45) is 5.82. The molecule has 2 heterocycles. The van der Waals surface area contributed by atoms with Crippen molar-refractivity contribution in [1.29, 1.82) is 0 Å². The van der Waals surface area contributed by atoms with Gasteiger partial charge in [-0.15, -0.1) is 0 Å². The average Bonchev–Trinajstić information content (AvgIpc) is 2.60. The highest BCUT2D eigenvalue weighted by atomic mass is 19.1. The first-order chi connectivity index (χ1) is 11.3. The molecule has 0 radical (unpaired) electrons. The third-order valence-corrected chi connectivity index (χ3v) is 5.36. The number of rotatable bonds is 5. The first-order valence-electron chi connectivity index (χ1n) is 9.08. The molecule has 1 N–H and O–H groups in total. The molecule has 2 fully saturated rings. The van der Waals surface area contributed by atoms with Gasteiger partial charge in [0.1, 0.15) is 5.82 Å². The quantitative estimate of drug-likeness (QED) is 0.903. The zero-order chi connectivity index (χ0) is 16.1. The molecular weight excluding hydrogens is 291 g/mol. The number of hydrogen-bond donors (Lipinski definition) is 1. The molecule has 128 valence electrons. The number of aliphatic hydroxyl groups excluding tert-OH is 1. The molecule has 2 saturated heterocycles. The molecule has 23 heavy (non-hydrogen) atoms. The Kier molecular flexibility index (Phi) is 6.03. The molecule has 0 aromatic heterocycles. The van der Waals surface area contributed by atoms with Gasteiger partial charge in [-0.2, -0.15) is 0 Å². The van der Waals surface area contributed by atoms with Crippen molar-refractivity contribution >= 4 is 0 Å². The average molecular weight is 320 g/mol. The van der Waals surface area contributed by atoms with Gasteiger partial charge in [-0.25, -0.2) is 4.39 Å². The Bertz CT molecular complexity index is 494. The topological polar surface area (TPSA) is 26.7 Å². The van der Waals surface area contributed by atoms with Crippen LogP contribution in [0, 0.1) is 11.7 Å². The summed E-state index contributed by atoms with van der Waals surface area (Å²) in [7, 11) is 0. The molecule has 1 aromatic rings. The first kappa shape index (κ1) is 16.9. The van der Waals surface area contributed by atoms with Crippen LogP contribution in [-0.2, 0) is 13.1 Å². The minimum Gasteiger partial charge on any atom is -0.396 e. The van der Waals surface area contributed by atoms with Crippen LogP contribution in [0.2, 0.25) is 0 Å². The summed E-state index contributed by atoms with van der Waals surface area (Å²) in [5, 5.41) is 9.22. The van der Waals surface area contributed by atoms with E-state index in [0.29, 0.717) is 12.5 Å². The van der Waals surface area contributed by atoms with E-state index in [9.17, 15) is 9.50 Å². The second-order valence-corrected chi connectivity index (χ2v) is 7.13. The molecule has 0 atom stereocenters. The smallest absolute Gasteiger partial charge is 0.132 e. The van der Waals surface area contributed by atoms with Crippen molar-refractivity contribution in [3.8, 4) is 0 Å². The monoisotopic (exact) mass is 320 g/mol. The fraction of sp³-hybridized carbons (Fsp3) is 0.684. The van der Waals surface area contributed by atoms with Crippen LogP contribution in [0.4, 0.5) is 4.39 Å². The molecule has 0 aliphatic carbocycles. The second kappa shape index (κ2) is 8.22. The minimum absolute atomic E-state index is 0.0117. The van der Waals surface area contributed by atoms with Crippen molar-refractivity contribution in [1.82, 2.24) is 9.80 Å². The third-order valence-electron chi connectivity index (χ3n) is 5.36. The molecule has 4 heteroatoms. The minimum atomic E-state index is -0.0117. The molecule has 0 spiro atoms. The number of piperidine rings is 2. The zero-order valence-corrected chi connectivity index (χ0v) is 14.0. The Morgan fingerprint density at radius 2 is 1.48 bits per heavy atom. The largest absolute Gasteiger partial charge is 0.396 e. The van der Waals surface area contributed by atoms with E-state index in [1.807, 2.05) is 18.2 Å². The third kappa shape index (κ3) is 4.52. The lowest BCUT2D eigenvalue weighted by molar-refractivity contribution is 0.126. The van der Waals surface area contributed by atoms with Crippen molar-refractivity contribution in [3.63, 3.8) is 0 Å². The maximum absolute atomic E-state index is 14.8. The molecule has 3 rings (SSSR count). The lowest BCUT2D eigenvalue weighted by atomic mass is 9.97. The van der Waals surface area contributed by atoms with Crippen LogP contribution in [0.25, 0.3) is 0 Å². The van der Waals surface area contributed by atoms with Crippen LogP contribution in [0.1, 0.15) is 43.2 Å². The Morgan fingerprint density at radius 1 is 0.913 bits per heavy atom. The lowest BCUT2D eigenvalue weighted by Crippen LogP contribution is -2.34. The predicted molar refractivity (Wildman–Crippen MR) is 90.6 cm³/mol. The summed E-state index contributed by atoms with van der Waals surface area (Å²) in [5.41, 5.74) is 1.66. The number of benzene rings is 1. The van der Waals surface area contributed by atoms with Gasteiger partial charge in [0, 0.05) is 30.8 Å². The summed E-state index contributed by atoms with van der Waals surface area (Å²) in [6, 6.07) is 5.86. The number of hydrogen-bond acceptors (Lipinski definition) is 3. The Morgan fingerprint density at radius 3 is 2.04 bits per heavy atom. The molecular formula is C19H29FN2O. The van der Waals surface area contributed by atoms with E-state index in [-0.39, 0.29) is 12.4 Å². The molecule has 0 saturated carbocycles. The summed E-state index contributed by atoms with van der Waals surface area (Å²) in [4.78, 5) is 4.69. The second-order valence-electron chi connectivity index (χ2n) is 7.13. The van der Waals surface area contributed by atoms with Crippen LogP contribution in [0.5, 0.6) is 0 Å². The van der Waals surface area contributed by atoms with Gasteiger partial charge in [-0.1, -0.05) is 24.6 Å². The van der Waals surface area contributed by atoms with Crippen molar-refractivity contribution < 1.29 is 9.50 Å². The molecule has 2 aliphatic heterocycles. The van der Waals surface area contributed by atoms with Gasteiger partial charge in [0.05, 0.1) is 0 Å². The fourth-order valence-corrected chi connectivity index (χ4v) is 3.80. The van der Waals surface area contributed by atoms with Crippen LogP contribution >= 0.6 is 0 Å². The van der Waals surface area contributed by atoms with Gasteiger partial charge in [0.25, 0.3) is 0 Å². The van der Waals surface area contributed by atoms with E-state index in [1.54, 1.807) is 0 Å². The summed E-state index contributed by atoms with van der Waals surface area (Å²) < 4.78 is 14.8. The van der Waals surface area contributed by atoms with Crippen LogP contribution in [0.15, 0.2) is 18.2 Å². The number of halogens is 1. The highest BCUT2D eigenvalue weighted by Gasteiger charge is 2.20. The molecule has 0 amide bonds. The fourth-order valence-electron chi connectivity index (χ4n) is 3.80. The zero-order valence-electron chi connectivity index (χ0n) is 14.0. The van der Waals surface area contributed by atoms with E-state index >= 15 is 0 Å². The van der Waals surface area contributed by atoms with Gasteiger partial charge in [0.2, 0.25) is 0 Å². The van der Waals surface area contributed by atoms with Crippen LogP contribution in [0.3, 0.4) is 0 Å². The van der Waals surface area contributed by atoms with Gasteiger partial charge in [0.15, 0.2) is 0 Å². The highest BCUT2D eigenvalue weighted by Crippen LogP contribution is 2.22. The van der Waals surface area contributed by atoms with E-state index in [4.69, 9.17) is 0 Å². The van der Waals surface area contributed by atoms with Crippen molar-refractivity contribution in [2.45, 2.75) is 45.2 Å². The maximum atomic E-state index is 14.8. The van der Waals surface area contributed by atoms with E-state index in [0.717, 1.165) is 56.7 Å². The van der Waals surface area contributed by atoms with Gasteiger partial charge >= 0.3 is 0 Å². The van der Waals surface area contributed by atoms with E-state index in [1.165, 1.54) is 19.3 Å². The summed E-state index contributed by atoms with van der Waals surface area (Å²) >= 11 is 0. The molecule has 1 aromatic carbocycles. The van der Waals surface area contributed by atoms with Crippen molar-refractivity contribution in [2.24, 2.45) is 5.92 Å². The number of likely N-dealkylation sites (tertiary alicyclic amines) is 2. The maximum Gasteiger partial charge on any atom is 0.132 e. The Labute approximate surface area is 139 Å². The Hall–Kier alpha value is -0.970. The van der Waals surface area contributed by atoms with E-state index in [2.05, 4.69) is 9.80 Å². The van der Waals surface area contributed by atoms with Crippen LogP contribution < -0.4 is 0 Å². The van der Waals surface area contributed by atoms with Gasteiger partial charge < -0.3 is 5.11 Å². The van der Waals surface area contributed by atoms with Gasteiger partial charge in [-0.3, -0.25) is 9.80 Å². The van der Waals surface area contributed by atoms with Gasteiger partial charge in [-0.05, 0) is 57.8 Å². The highest BCUT2D eigenvalue weighted by molar-refractivity contribution is 5.26. The Balaban J connectivity index is 1.60. The number of aliphatic hydroxyl groups is 1. The SMILES string of the molecule is OCC1CCN(Cc2cccc(CN3CCCCC3)c2F)CC1. The molecule has 3 nitrogen and oxygen atoms in total. The first-order valence-corrected chi connectivity index (χ1v) is 9.08. The molecule has 0 unspecified atom stereocenters. The van der Waals surface area contributed by atoms with Crippen LogP contribution in [-0.4, -0.2) is 47.7 Å². The normalized spacial score (nSPS) is 21.7. The molecule has 0 bridgehead atoms.